The van der Waals surface area contributed by atoms with Crippen LogP contribution >= 0.6 is 0 Å². The van der Waals surface area contributed by atoms with Crippen molar-refractivity contribution in [3.05, 3.63) is 35.9 Å². The summed E-state index contributed by atoms with van der Waals surface area (Å²) in [5, 5.41) is 3.60. The van der Waals surface area contributed by atoms with Gasteiger partial charge < -0.3 is 10.2 Å². The van der Waals surface area contributed by atoms with E-state index in [0.717, 1.165) is 19.1 Å². The monoisotopic (exact) mass is 274 g/mol. The highest BCUT2D eigenvalue weighted by molar-refractivity contribution is 5.18. The van der Waals surface area contributed by atoms with Crippen molar-refractivity contribution in [3.63, 3.8) is 0 Å². The van der Waals surface area contributed by atoms with Crippen LogP contribution in [0.5, 0.6) is 0 Å². The van der Waals surface area contributed by atoms with Crippen LogP contribution in [0.15, 0.2) is 30.3 Å². The minimum atomic E-state index is 0.649. The molecule has 0 heterocycles. The van der Waals surface area contributed by atoms with Gasteiger partial charge in [-0.15, -0.1) is 0 Å². The highest BCUT2D eigenvalue weighted by Crippen LogP contribution is 2.21. The zero-order valence-electron chi connectivity index (χ0n) is 13.1. The third-order valence-corrected chi connectivity index (χ3v) is 4.71. The Kier molecular flexibility index (Phi) is 6.55. The third-order valence-electron chi connectivity index (χ3n) is 4.71. The third kappa shape index (κ3) is 4.92. The van der Waals surface area contributed by atoms with E-state index < -0.39 is 0 Å². The van der Waals surface area contributed by atoms with Gasteiger partial charge in [0.1, 0.15) is 0 Å². The minimum Gasteiger partial charge on any atom is -0.315 e. The molecule has 1 atom stereocenters. The zero-order valence-corrected chi connectivity index (χ0v) is 13.1. The standard InChI is InChI=1S/C18H30N2/c1-16(17-8-4-3-5-9-17)12-13-19-14-15-20(2)18-10-6-7-11-18/h3-5,8-9,16,18-19H,6-7,10-15H2,1-2H3. The SMILES string of the molecule is CC(CCNCCN(C)C1CCCC1)c1ccccc1. The lowest BCUT2D eigenvalue weighted by molar-refractivity contribution is 0.245. The van der Waals surface area contributed by atoms with Gasteiger partial charge in [-0.25, -0.2) is 0 Å². The van der Waals surface area contributed by atoms with Crippen LogP contribution in [0, 0.1) is 0 Å². The Morgan fingerprint density at radius 1 is 1.15 bits per heavy atom. The lowest BCUT2D eigenvalue weighted by atomic mass is 9.98. The maximum absolute atomic E-state index is 3.60. The van der Waals surface area contributed by atoms with Crippen molar-refractivity contribution in [3.8, 4) is 0 Å². The molecule has 0 aliphatic heterocycles. The molecular weight excluding hydrogens is 244 g/mol. The molecule has 2 nitrogen and oxygen atoms in total. The maximum atomic E-state index is 3.60. The van der Waals surface area contributed by atoms with Crippen LogP contribution in [0.4, 0.5) is 0 Å². The normalized spacial score (nSPS) is 17.8. The predicted molar refractivity (Wildman–Crippen MR) is 87.2 cm³/mol. The molecule has 1 aliphatic carbocycles. The van der Waals surface area contributed by atoms with Crippen molar-refractivity contribution >= 4 is 0 Å². The molecular formula is C18H30N2. The summed E-state index contributed by atoms with van der Waals surface area (Å²) in [7, 11) is 2.28. The van der Waals surface area contributed by atoms with Gasteiger partial charge in [-0.1, -0.05) is 50.1 Å². The summed E-state index contributed by atoms with van der Waals surface area (Å²) in [6.07, 6.45) is 6.88. The topological polar surface area (TPSA) is 15.3 Å². The van der Waals surface area contributed by atoms with E-state index in [1.807, 2.05) is 0 Å². The van der Waals surface area contributed by atoms with Crippen LogP contribution in [0.2, 0.25) is 0 Å². The Hall–Kier alpha value is -0.860. The molecule has 2 rings (SSSR count). The summed E-state index contributed by atoms with van der Waals surface area (Å²) in [5.41, 5.74) is 1.46. The predicted octanol–water partition coefficient (Wildman–Crippen LogP) is 3.64. The maximum Gasteiger partial charge on any atom is 0.0107 e. The first-order valence-electron chi connectivity index (χ1n) is 8.23. The van der Waals surface area contributed by atoms with Crippen LogP contribution in [0.1, 0.15) is 50.5 Å². The molecule has 1 fully saturated rings. The van der Waals surface area contributed by atoms with Gasteiger partial charge in [0.15, 0.2) is 0 Å². The molecule has 0 spiro atoms. The minimum absolute atomic E-state index is 0.649. The molecule has 0 saturated heterocycles. The molecule has 1 aliphatic rings. The van der Waals surface area contributed by atoms with Gasteiger partial charge in [-0.3, -0.25) is 0 Å². The van der Waals surface area contributed by atoms with Crippen molar-refractivity contribution < 1.29 is 0 Å². The summed E-state index contributed by atoms with van der Waals surface area (Å²) < 4.78 is 0. The van der Waals surface area contributed by atoms with E-state index in [2.05, 4.69) is 54.5 Å². The summed E-state index contributed by atoms with van der Waals surface area (Å²) in [4.78, 5) is 2.54. The number of hydrogen-bond acceptors (Lipinski definition) is 2. The van der Waals surface area contributed by atoms with Crippen LogP contribution in [0.3, 0.4) is 0 Å². The molecule has 1 N–H and O–H groups in total. The first kappa shape index (κ1) is 15.5. The van der Waals surface area contributed by atoms with Crippen LogP contribution in [0.25, 0.3) is 0 Å². The Morgan fingerprint density at radius 2 is 1.85 bits per heavy atom. The van der Waals surface area contributed by atoms with Gasteiger partial charge in [0, 0.05) is 19.1 Å². The molecule has 1 aromatic carbocycles. The van der Waals surface area contributed by atoms with Crippen LogP contribution in [-0.4, -0.2) is 37.6 Å². The second kappa shape index (κ2) is 8.43. The van der Waals surface area contributed by atoms with Gasteiger partial charge in [0.05, 0.1) is 0 Å². The second-order valence-electron chi connectivity index (χ2n) is 6.27. The second-order valence-corrected chi connectivity index (χ2v) is 6.27. The summed E-state index contributed by atoms with van der Waals surface area (Å²) in [6, 6.07) is 11.7. The fourth-order valence-corrected chi connectivity index (χ4v) is 3.17. The first-order chi connectivity index (χ1) is 9.77. The summed E-state index contributed by atoms with van der Waals surface area (Å²) >= 11 is 0. The first-order valence-corrected chi connectivity index (χ1v) is 8.23. The Bertz CT molecular complexity index is 357. The fourth-order valence-electron chi connectivity index (χ4n) is 3.17. The fraction of sp³-hybridized carbons (Fsp3) is 0.667. The molecule has 2 heteroatoms. The molecule has 0 radical (unpaired) electrons. The van der Waals surface area contributed by atoms with E-state index >= 15 is 0 Å². The zero-order chi connectivity index (χ0) is 14.2. The van der Waals surface area contributed by atoms with E-state index in [4.69, 9.17) is 0 Å². The Balaban J connectivity index is 1.55. The van der Waals surface area contributed by atoms with E-state index in [1.165, 1.54) is 44.2 Å². The molecule has 20 heavy (non-hydrogen) atoms. The van der Waals surface area contributed by atoms with Crippen molar-refractivity contribution in [1.82, 2.24) is 10.2 Å². The molecule has 0 bridgehead atoms. The highest BCUT2D eigenvalue weighted by atomic mass is 15.1. The molecule has 1 unspecified atom stereocenters. The van der Waals surface area contributed by atoms with Gasteiger partial charge >= 0.3 is 0 Å². The van der Waals surface area contributed by atoms with Gasteiger partial charge in [-0.2, -0.15) is 0 Å². The Morgan fingerprint density at radius 3 is 2.55 bits per heavy atom. The van der Waals surface area contributed by atoms with Crippen molar-refractivity contribution in [1.29, 1.82) is 0 Å². The number of rotatable bonds is 8. The quantitative estimate of drug-likeness (QED) is 0.728. The van der Waals surface area contributed by atoms with E-state index in [-0.39, 0.29) is 0 Å². The van der Waals surface area contributed by atoms with Gasteiger partial charge in [0.25, 0.3) is 0 Å². The number of likely N-dealkylation sites (N-methyl/N-ethyl adjacent to an activating group) is 1. The number of benzene rings is 1. The highest BCUT2D eigenvalue weighted by Gasteiger charge is 2.18. The van der Waals surface area contributed by atoms with E-state index in [1.54, 1.807) is 0 Å². The summed E-state index contributed by atoms with van der Waals surface area (Å²) in [5.74, 6) is 0.649. The molecule has 0 amide bonds. The molecule has 0 aromatic heterocycles. The van der Waals surface area contributed by atoms with E-state index in [0.29, 0.717) is 5.92 Å². The Labute approximate surface area is 124 Å². The van der Waals surface area contributed by atoms with Crippen LogP contribution < -0.4 is 5.32 Å². The van der Waals surface area contributed by atoms with E-state index in [9.17, 15) is 0 Å². The summed E-state index contributed by atoms with van der Waals surface area (Å²) in [6.45, 7) is 5.75. The van der Waals surface area contributed by atoms with Gasteiger partial charge in [0.2, 0.25) is 0 Å². The molecule has 1 aromatic rings. The average molecular weight is 274 g/mol. The average Bonchev–Trinajstić information content (AvgIpc) is 3.01. The largest absolute Gasteiger partial charge is 0.315 e. The number of nitrogens with zero attached hydrogens (tertiary/aromatic N) is 1. The van der Waals surface area contributed by atoms with Gasteiger partial charge in [-0.05, 0) is 44.3 Å². The smallest absolute Gasteiger partial charge is 0.0107 e. The van der Waals surface area contributed by atoms with Crippen molar-refractivity contribution in [2.45, 2.75) is 51.0 Å². The van der Waals surface area contributed by atoms with Crippen molar-refractivity contribution in [2.75, 3.05) is 26.7 Å². The molecule has 112 valence electrons. The number of hydrogen-bond donors (Lipinski definition) is 1. The van der Waals surface area contributed by atoms with Crippen molar-refractivity contribution in [2.24, 2.45) is 0 Å². The lowest BCUT2D eigenvalue weighted by Crippen LogP contribution is -2.35. The van der Waals surface area contributed by atoms with Crippen LogP contribution in [-0.2, 0) is 0 Å². The lowest BCUT2D eigenvalue weighted by Gasteiger charge is -2.24. The number of nitrogens with one attached hydrogen (secondary N) is 1. The molecule has 1 saturated carbocycles.